The number of benzene rings is 2. The van der Waals surface area contributed by atoms with Gasteiger partial charge in [-0.25, -0.2) is 14.8 Å². The van der Waals surface area contributed by atoms with Crippen LogP contribution in [0, 0.1) is 0 Å². The van der Waals surface area contributed by atoms with E-state index < -0.39 is 11.6 Å². The summed E-state index contributed by atoms with van der Waals surface area (Å²) in [5.41, 5.74) is 1.48. The Bertz CT molecular complexity index is 1040. The van der Waals surface area contributed by atoms with Crippen LogP contribution in [-0.2, 0) is 0 Å². The van der Waals surface area contributed by atoms with Crippen molar-refractivity contribution < 1.29 is 9.90 Å². The van der Waals surface area contributed by atoms with Gasteiger partial charge in [0.25, 0.3) is 0 Å². The molecule has 3 aromatic rings. The quantitative estimate of drug-likeness (QED) is 0.705. The number of carbonyl (C=O) groups is 1. The van der Waals surface area contributed by atoms with Gasteiger partial charge in [0.1, 0.15) is 12.1 Å². The zero-order chi connectivity index (χ0) is 20.6. The summed E-state index contributed by atoms with van der Waals surface area (Å²) in [7, 11) is 0. The van der Waals surface area contributed by atoms with Crippen LogP contribution in [0.25, 0.3) is 22.0 Å². The predicted molar refractivity (Wildman–Crippen MR) is 115 cm³/mol. The summed E-state index contributed by atoms with van der Waals surface area (Å²) >= 11 is 0. The molecule has 1 N–H and O–H groups in total. The van der Waals surface area contributed by atoms with Crippen LogP contribution in [0.3, 0.4) is 0 Å². The monoisotopic (exact) mass is 390 g/mol. The number of hydrogen-bond acceptors (Lipinski definition) is 4. The first-order valence-electron chi connectivity index (χ1n) is 9.91. The van der Waals surface area contributed by atoms with Gasteiger partial charge >= 0.3 is 6.09 Å². The van der Waals surface area contributed by atoms with Gasteiger partial charge in [-0.1, -0.05) is 36.4 Å². The number of amides is 1. The molecular formula is C23H26N4O2. The first-order chi connectivity index (χ1) is 13.8. The van der Waals surface area contributed by atoms with Crippen LogP contribution >= 0.6 is 0 Å². The van der Waals surface area contributed by atoms with Crippen molar-refractivity contribution in [3.63, 3.8) is 0 Å². The predicted octanol–water partition coefficient (Wildman–Crippen LogP) is 4.65. The second-order valence-electron chi connectivity index (χ2n) is 8.54. The molecule has 1 aliphatic heterocycles. The highest BCUT2D eigenvalue weighted by Gasteiger charge is 2.37. The average Bonchev–Trinajstić information content (AvgIpc) is 3.15. The Morgan fingerprint density at radius 2 is 1.86 bits per heavy atom. The molecule has 2 aromatic carbocycles. The van der Waals surface area contributed by atoms with E-state index in [1.165, 1.54) is 10.8 Å². The second kappa shape index (κ2) is 7.35. The normalized spacial score (nSPS) is 16.9. The van der Waals surface area contributed by atoms with Gasteiger partial charge in [-0.3, -0.25) is 4.90 Å². The maximum atomic E-state index is 11.8. The third kappa shape index (κ3) is 3.88. The van der Waals surface area contributed by atoms with Crippen molar-refractivity contribution >= 4 is 22.7 Å². The first-order valence-corrected chi connectivity index (χ1v) is 9.91. The van der Waals surface area contributed by atoms with Crippen molar-refractivity contribution in [2.45, 2.75) is 38.8 Å². The SMILES string of the molecule is CC(C)(C)N(C(=O)O)C1CCN(c2cc(-c3ccc4ccccc4c3)ncn2)C1. The van der Waals surface area contributed by atoms with Crippen LogP contribution in [0.2, 0.25) is 0 Å². The van der Waals surface area contributed by atoms with Gasteiger partial charge in [0.15, 0.2) is 0 Å². The summed E-state index contributed by atoms with van der Waals surface area (Å²) in [6.45, 7) is 7.22. The van der Waals surface area contributed by atoms with Crippen molar-refractivity contribution in [1.82, 2.24) is 14.9 Å². The third-order valence-corrected chi connectivity index (χ3v) is 5.48. The maximum Gasteiger partial charge on any atom is 0.408 e. The molecule has 1 aromatic heterocycles. The first kappa shape index (κ1) is 19.2. The van der Waals surface area contributed by atoms with Gasteiger partial charge in [0, 0.05) is 30.3 Å². The van der Waals surface area contributed by atoms with Crippen LogP contribution in [-0.4, -0.2) is 50.7 Å². The van der Waals surface area contributed by atoms with E-state index in [0.29, 0.717) is 6.54 Å². The lowest BCUT2D eigenvalue weighted by atomic mass is 10.0. The standard InChI is InChI=1S/C23H26N4O2/c1-23(2,3)27(22(28)29)19-10-11-26(14-19)21-13-20(24-15-25-21)18-9-8-16-6-4-5-7-17(16)12-18/h4-9,12-13,15,19H,10-11,14H2,1-3H3,(H,28,29). The lowest BCUT2D eigenvalue weighted by molar-refractivity contribution is 0.0763. The van der Waals surface area contributed by atoms with Crippen LogP contribution in [0.1, 0.15) is 27.2 Å². The minimum absolute atomic E-state index is 0.0495. The number of hydrogen-bond donors (Lipinski definition) is 1. The molecule has 1 saturated heterocycles. The Kier molecular flexibility index (Phi) is 4.86. The largest absolute Gasteiger partial charge is 0.465 e. The van der Waals surface area contributed by atoms with Gasteiger partial charge in [0.05, 0.1) is 11.7 Å². The number of carboxylic acid groups (broad SMARTS) is 1. The highest BCUT2D eigenvalue weighted by molar-refractivity contribution is 5.86. The van der Waals surface area contributed by atoms with E-state index in [1.54, 1.807) is 11.2 Å². The fourth-order valence-corrected chi connectivity index (χ4v) is 4.18. The fourth-order valence-electron chi connectivity index (χ4n) is 4.18. The Morgan fingerprint density at radius 1 is 1.10 bits per heavy atom. The summed E-state index contributed by atoms with van der Waals surface area (Å²) in [5, 5.41) is 12.1. The second-order valence-corrected chi connectivity index (χ2v) is 8.54. The molecule has 0 spiro atoms. The summed E-state index contributed by atoms with van der Waals surface area (Å²) < 4.78 is 0. The lowest BCUT2D eigenvalue weighted by Gasteiger charge is -2.37. The van der Waals surface area contributed by atoms with E-state index in [-0.39, 0.29) is 6.04 Å². The van der Waals surface area contributed by atoms with Gasteiger partial charge < -0.3 is 10.0 Å². The van der Waals surface area contributed by atoms with E-state index in [1.807, 2.05) is 39.0 Å². The van der Waals surface area contributed by atoms with Gasteiger partial charge in [-0.2, -0.15) is 0 Å². The molecular weight excluding hydrogens is 364 g/mol. The Balaban J connectivity index is 1.58. The Morgan fingerprint density at radius 3 is 2.59 bits per heavy atom. The van der Waals surface area contributed by atoms with Crippen molar-refractivity contribution in [2.75, 3.05) is 18.0 Å². The van der Waals surface area contributed by atoms with E-state index in [9.17, 15) is 9.90 Å². The number of rotatable bonds is 3. The average molecular weight is 390 g/mol. The molecule has 1 amide bonds. The van der Waals surface area contributed by atoms with E-state index in [0.717, 1.165) is 30.0 Å². The Hall–Kier alpha value is -3.15. The summed E-state index contributed by atoms with van der Waals surface area (Å²) in [6, 6.07) is 16.5. The molecule has 0 bridgehead atoms. The molecule has 29 heavy (non-hydrogen) atoms. The van der Waals surface area contributed by atoms with Gasteiger partial charge in [-0.05, 0) is 44.0 Å². The molecule has 0 aliphatic carbocycles. The van der Waals surface area contributed by atoms with Crippen LogP contribution in [0.15, 0.2) is 54.9 Å². The van der Waals surface area contributed by atoms with Crippen molar-refractivity contribution in [2.24, 2.45) is 0 Å². The molecule has 4 rings (SSSR count). The number of anilines is 1. The molecule has 0 saturated carbocycles. The van der Waals surface area contributed by atoms with Crippen molar-refractivity contribution in [3.8, 4) is 11.3 Å². The van der Waals surface area contributed by atoms with Crippen LogP contribution < -0.4 is 4.90 Å². The highest BCUT2D eigenvalue weighted by atomic mass is 16.4. The molecule has 2 heterocycles. The van der Waals surface area contributed by atoms with Crippen molar-refractivity contribution in [1.29, 1.82) is 0 Å². The molecule has 1 fully saturated rings. The van der Waals surface area contributed by atoms with E-state index >= 15 is 0 Å². The van der Waals surface area contributed by atoms with E-state index in [4.69, 9.17) is 0 Å². The minimum Gasteiger partial charge on any atom is -0.465 e. The maximum absolute atomic E-state index is 11.8. The zero-order valence-corrected chi connectivity index (χ0v) is 17.0. The Labute approximate surface area is 170 Å². The number of fused-ring (bicyclic) bond motifs is 1. The van der Waals surface area contributed by atoms with Crippen LogP contribution in [0.4, 0.5) is 10.6 Å². The molecule has 0 radical (unpaired) electrons. The summed E-state index contributed by atoms with van der Waals surface area (Å²) in [5.74, 6) is 0.838. The summed E-state index contributed by atoms with van der Waals surface area (Å²) in [4.78, 5) is 24.4. The molecule has 150 valence electrons. The molecule has 6 heteroatoms. The van der Waals surface area contributed by atoms with Crippen LogP contribution in [0.5, 0.6) is 0 Å². The third-order valence-electron chi connectivity index (χ3n) is 5.48. The summed E-state index contributed by atoms with van der Waals surface area (Å²) in [6.07, 6.45) is 1.51. The minimum atomic E-state index is -0.871. The van der Waals surface area contributed by atoms with Crippen molar-refractivity contribution in [3.05, 3.63) is 54.9 Å². The smallest absolute Gasteiger partial charge is 0.408 e. The van der Waals surface area contributed by atoms with Gasteiger partial charge in [0.2, 0.25) is 0 Å². The number of nitrogens with zero attached hydrogens (tertiary/aromatic N) is 4. The highest BCUT2D eigenvalue weighted by Crippen LogP contribution is 2.29. The molecule has 6 nitrogen and oxygen atoms in total. The molecule has 1 atom stereocenters. The number of aromatic nitrogens is 2. The zero-order valence-electron chi connectivity index (χ0n) is 17.0. The van der Waals surface area contributed by atoms with E-state index in [2.05, 4.69) is 45.2 Å². The topological polar surface area (TPSA) is 69.6 Å². The molecule has 1 aliphatic rings. The lowest BCUT2D eigenvalue weighted by Crippen LogP contribution is -2.52. The van der Waals surface area contributed by atoms with Gasteiger partial charge in [-0.15, -0.1) is 0 Å². The molecule has 1 unspecified atom stereocenters. The fraction of sp³-hybridized carbons (Fsp3) is 0.348.